The van der Waals surface area contributed by atoms with Gasteiger partial charge in [-0.05, 0) is 31.4 Å². The van der Waals surface area contributed by atoms with Crippen LogP contribution in [0.2, 0.25) is 0 Å². The van der Waals surface area contributed by atoms with Gasteiger partial charge in [0.15, 0.2) is 0 Å². The monoisotopic (exact) mass is 242 g/mol. The van der Waals surface area contributed by atoms with Crippen LogP contribution < -0.4 is 5.32 Å². The second kappa shape index (κ2) is 4.51. The van der Waals surface area contributed by atoms with Crippen molar-refractivity contribution in [3.05, 3.63) is 0 Å². The molecule has 0 aromatic carbocycles. The third-order valence-corrected chi connectivity index (χ3v) is 5.50. The first-order valence-electron chi connectivity index (χ1n) is 6.46. The predicted molar refractivity (Wildman–Crippen MR) is 73.2 cm³/mol. The topological polar surface area (TPSA) is 15.3 Å². The van der Waals surface area contributed by atoms with Crippen LogP contribution in [0.15, 0.2) is 0 Å². The Kier molecular flexibility index (Phi) is 3.58. The van der Waals surface area contributed by atoms with E-state index in [1.807, 2.05) is 0 Å². The van der Waals surface area contributed by atoms with E-state index in [0.717, 1.165) is 19.1 Å². The Morgan fingerprint density at radius 3 is 2.62 bits per heavy atom. The van der Waals surface area contributed by atoms with Gasteiger partial charge in [0.2, 0.25) is 0 Å². The van der Waals surface area contributed by atoms with Crippen LogP contribution in [-0.2, 0) is 0 Å². The van der Waals surface area contributed by atoms with Crippen LogP contribution in [0.4, 0.5) is 0 Å². The maximum atomic E-state index is 3.52. The minimum Gasteiger partial charge on any atom is -0.314 e. The molecule has 0 saturated carbocycles. The van der Waals surface area contributed by atoms with Crippen molar-refractivity contribution in [2.75, 3.05) is 31.1 Å². The molecule has 0 amide bonds. The van der Waals surface area contributed by atoms with Gasteiger partial charge in [0.1, 0.15) is 0 Å². The van der Waals surface area contributed by atoms with Gasteiger partial charge in [-0.3, -0.25) is 4.90 Å². The highest BCUT2D eigenvalue weighted by Crippen LogP contribution is 2.37. The van der Waals surface area contributed by atoms with E-state index in [1.165, 1.54) is 24.5 Å². The SMILES string of the molecule is CC1(C)CSCC(N2CCNCC2(C)C)C1. The summed E-state index contributed by atoms with van der Waals surface area (Å²) in [7, 11) is 0. The molecule has 1 N–H and O–H groups in total. The summed E-state index contributed by atoms with van der Waals surface area (Å²) in [6.07, 6.45) is 1.36. The zero-order chi connectivity index (χ0) is 11.8. The number of hydrogen-bond donors (Lipinski definition) is 1. The fourth-order valence-corrected chi connectivity index (χ4v) is 4.46. The van der Waals surface area contributed by atoms with E-state index in [1.54, 1.807) is 0 Å². The van der Waals surface area contributed by atoms with Gasteiger partial charge in [-0.15, -0.1) is 0 Å². The van der Waals surface area contributed by atoms with Crippen LogP contribution in [0.5, 0.6) is 0 Å². The fraction of sp³-hybridized carbons (Fsp3) is 1.00. The summed E-state index contributed by atoms with van der Waals surface area (Å²) in [6.45, 7) is 13.1. The van der Waals surface area contributed by atoms with E-state index in [4.69, 9.17) is 0 Å². The molecular formula is C13H26N2S. The molecule has 16 heavy (non-hydrogen) atoms. The van der Waals surface area contributed by atoms with Crippen molar-refractivity contribution in [2.24, 2.45) is 5.41 Å². The molecule has 94 valence electrons. The summed E-state index contributed by atoms with van der Waals surface area (Å²) < 4.78 is 0. The van der Waals surface area contributed by atoms with E-state index < -0.39 is 0 Å². The van der Waals surface area contributed by atoms with Crippen LogP contribution in [0, 0.1) is 5.41 Å². The Hall–Kier alpha value is 0.270. The summed E-state index contributed by atoms with van der Waals surface area (Å²) >= 11 is 2.14. The lowest BCUT2D eigenvalue weighted by Gasteiger charge is -2.50. The van der Waals surface area contributed by atoms with Gasteiger partial charge < -0.3 is 5.32 Å². The molecule has 2 aliphatic heterocycles. The summed E-state index contributed by atoms with van der Waals surface area (Å²) in [4.78, 5) is 2.75. The predicted octanol–water partition coefficient (Wildman–Crippen LogP) is 2.20. The largest absolute Gasteiger partial charge is 0.314 e. The number of thioether (sulfide) groups is 1. The number of piperazine rings is 1. The van der Waals surface area contributed by atoms with E-state index >= 15 is 0 Å². The Morgan fingerprint density at radius 1 is 1.25 bits per heavy atom. The standard InChI is InChI=1S/C13H26N2S/c1-12(2)7-11(8-16-10-12)15-6-5-14-9-13(15,3)4/h11,14H,5-10H2,1-4H3. The molecule has 2 heterocycles. The minimum absolute atomic E-state index is 0.330. The molecule has 2 rings (SSSR count). The molecule has 0 bridgehead atoms. The van der Waals surface area contributed by atoms with Crippen LogP contribution in [-0.4, -0.2) is 47.6 Å². The van der Waals surface area contributed by atoms with Crippen molar-refractivity contribution < 1.29 is 0 Å². The molecule has 2 fully saturated rings. The Bertz CT molecular complexity index is 250. The Morgan fingerprint density at radius 2 is 2.00 bits per heavy atom. The Balaban J connectivity index is 2.05. The first-order valence-corrected chi connectivity index (χ1v) is 7.61. The lowest BCUT2D eigenvalue weighted by molar-refractivity contribution is 0.0352. The molecule has 2 aliphatic rings. The summed E-state index contributed by atoms with van der Waals surface area (Å²) in [5.41, 5.74) is 0.853. The molecule has 0 radical (unpaired) electrons. The zero-order valence-corrected chi connectivity index (χ0v) is 12.0. The van der Waals surface area contributed by atoms with Gasteiger partial charge in [-0.25, -0.2) is 0 Å². The van der Waals surface area contributed by atoms with Crippen molar-refractivity contribution >= 4 is 11.8 Å². The highest BCUT2D eigenvalue weighted by Gasteiger charge is 2.39. The highest BCUT2D eigenvalue weighted by molar-refractivity contribution is 7.99. The molecule has 1 unspecified atom stereocenters. The number of nitrogens with one attached hydrogen (secondary N) is 1. The maximum Gasteiger partial charge on any atom is 0.0281 e. The highest BCUT2D eigenvalue weighted by atomic mass is 32.2. The first-order chi connectivity index (χ1) is 7.41. The average molecular weight is 242 g/mol. The maximum absolute atomic E-state index is 3.52. The van der Waals surface area contributed by atoms with Gasteiger partial charge >= 0.3 is 0 Å². The van der Waals surface area contributed by atoms with Crippen molar-refractivity contribution in [1.82, 2.24) is 10.2 Å². The summed E-state index contributed by atoms with van der Waals surface area (Å²) in [5.74, 6) is 2.66. The van der Waals surface area contributed by atoms with Crippen molar-refractivity contribution in [3.63, 3.8) is 0 Å². The van der Waals surface area contributed by atoms with Gasteiger partial charge in [0.05, 0.1) is 0 Å². The normalized spacial score (nSPS) is 34.9. The second-order valence-corrected chi connectivity index (χ2v) is 7.75. The average Bonchev–Trinajstić information content (AvgIpc) is 2.15. The van der Waals surface area contributed by atoms with Crippen LogP contribution in [0.1, 0.15) is 34.1 Å². The molecule has 0 spiro atoms. The van der Waals surface area contributed by atoms with E-state index in [9.17, 15) is 0 Å². The number of hydrogen-bond acceptors (Lipinski definition) is 3. The van der Waals surface area contributed by atoms with Crippen LogP contribution in [0.25, 0.3) is 0 Å². The number of nitrogens with zero attached hydrogens (tertiary/aromatic N) is 1. The van der Waals surface area contributed by atoms with Crippen LogP contribution >= 0.6 is 11.8 Å². The fourth-order valence-electron chi connectivity index (χ4n) is 3.10. The molecule has 1 atom stereocenters. The van der Waals surface area contributed by atoms with Gasteiger partial charge in [0, 0.05) is 37.0 Å². The van der Waals surface area contributed by atoms with Gasteiger partial charge in [-0.2, -0.15) is 11.8 Å². The number of rotatable bonds is 1. The quantitative estimate of drug-likeness (QED) is 0.759. The second-order valence-electron chi connectivity index (χ2n) is 6.72. The molecule has 2 nitrogen and oxygen atoms in total. The molecule has 3 heteroatoms. The third kappa shape index (κ3) is 2.74. The molecule has 0 aromatic heterocycles. The smallest absolute Gasteiger partial charge is 0.0281 e. The van der Waals surface area contributed by atoms with Gasteiger partial charge in [-0.1, -0.05) is 13.8 Å². The zero-order valence-electron chi connectivity index (χ0n) is 11.2. The lowest BCUT2D eigenvalue weighted by Crippen LogP contribution is -2.62. The van der Waals surface area contributed by atoms with Crippen molar-refractivity contribution in [1.29, 1.82) is 0 Å². The molecule has 2 saturated heterocycles. The van der Waals surface area contributed by atoms with E-state index in [0.29, 0.717) is 11.0 Å². The molecule has 0 aliphatic carbocycles. The Labute approximate surface area is 105 Å². The summed E-state index contributed by atoms with van der Waals surface area (Å²) in [5, 5.41) is 3.52. The third-order valence-electron chi connectivity index (χ3n) is 3.90. The van der Waals surface area contributed by atoms with Gasteiger partial charge in [0.25, 0.3) is 0 Å². The first kappa shape index (κ1) is 12.7. The summed E-state index contributed by atoms with van der Waals surface area (Å²) in [6, 6.07) is 0.783. The van der Waals surface area contributed by atoms with Crippen LogP contribution in [0.3, 0.4) is 0 Å². The molecular weight excluding hydrogens is 216 g/mol. The lowest BCUT2D eigenvalue weighted by atomic mass is 9.85. The van der Waals surface area contributed by atoms with E-state index in [-0.39, 0.29) is 0 Å². The minimum atomic E-state index is 0.330. The van der Waals surface area contributed by atoms with E-state index in [2.05, 4.69) is 49.7 Å². The van der Waals surface area contributed by atoms with Crippen molar-refractivity contribution in [3.8, 4) is 0 Å². The van der Waals surface area contributed by atoms with Crippen molar-refractivity contribution in [2.45, 2.75) is 45.7 Å². The molecule has 0 aromatic rings.